The van der Waals surface area contributed by atoms with Crippen molar-refractivity contribution in [3.63, 3.8) is 0 Å². The average Bonchev–Trinajstić information content (AvgIpc) is 3.30. The predicted octanol–water partition coefficient (Wildman–Crippen LogP) is 10.1. The molecule has 0 unspecified atom stereocenters. The molecule has 0 saturated heterocycles. The van der Waals surface area contributed by atoms with Crippen molar-refractivity contribution in [3.8, 4) is 0 Å². The number of hydrogen-bond donors (Lipinski definition) is 0. The Morgan fingerprint density at radius 3 is 0.433 bits per heavy atom. The monoisotopic (exact) mass is 1180 g/mol. The van der Waals surface area contributed by atoms with Gasteiger partial charge in [0.05, 0.1) is 0 Å². The van der Waals surface area contributed by atoms with Crippen molar-refractivity contribution in [1.29, 1.82) is 0 Å². The summed E-state index contributed by atoms with van der Waals surface area (Å²) in [4.78, 5) is 0. The predicted molar refractivity (Wildman–Crippen MR) is 264 cm³/mol. The average molecular weight is 1180 g/mol. The van der Waals surface area contributed by atoms with Crippen LogP contribution < -0.4 is 0 Å². The number of hydrogen-bond acceptors (Lipinski definition) is 0. The minimum absolute atomic E-state index is 0.501. The third kappa shape index (κ3) is 14.9. The molecule has 7 aromatic rings. The minimum atomic E-state index is 0.501. The van der Waals surface area contributed by atoms with Crippen LogP contribution in [0.2, 0.25) is 0 Å². The van der Waals surface area contributed by atoms with Crippen LogP contribution in [-0.2, 0) is 63.8 Å². The summed E-state index contributed by atoms with van der Waals surface area (Å²) in [7, 11) is 0. The Labute approximate surface area is 398 Å². The van der Waals surface area contributed by atoms with Gasteiger partial charge in [0.2, 0.25) is 0 Å². The molecule has 0 bridgehead atoms. The molecule has 0 nitrogen and oxygen atoms in total. The van der Waals surface area contributed by atoms with E-state index in [1.54, 1.807) is 33.4 Å². The van der Waals surface area contributed by atoms with Gasteiger partial charge in [0.1, 0.15) is 0 Å². The Bertz CT molecular complexity index is 1810. The summed E-state index contributed by atoms with van der Waals surface area (Å²) in [5, 5.41) is 14.8. The van der Waals surface area contributed by atoms with E-state index in [-0.39, 0.29) is 0 Å². The van der Waals surface area contributed by atoms with E-state index in [1.165, 1.54) is 97.2 Å². The molecule has 7 rings (SSSR count). The summed E-state index contributed by atoms with van der Waals surface area (Å²) >= 11 is 3.01. The summed E-state index contributed by atoms with van der Waals surface area (Å²) in [6.45, 7) is 0. The molecule has 0 aromatic heterocycles. The van der Waals surface area contributed by atoms with Crippen LogP contribution in [0.3, 0.4) is 0 Å². The Balaban J connectivity index is 1.32. The van der Waals surface area contributed by atoms with Crippen LogP contribution in [0.4, 0.5) is 0 Å². The quantitative estimate of drug-likeness (QED) is 0.0529. The van der Waals surface area contributed by atoms with Crippen molar-refractivity contribution in [2.75, 3.05) is 0 Å². The molecule has 60 heavy (non-hydrogen) atoms. The van der Waals surface area contributed by atoms with Crippen molar-refractivity contribution >= 4 is 89.7 Å². The second-order valence-electron chi connectivity index (χ2n) is 14.7. The Hall–Kier alpha value is -2.34. The van der Waals surface area contributed by atoms with Gasteiger partial charge in [-0.15, -0.1) is 0 Å². The van der Waals surface area contributed by atoms with E-state index >= 15 is 0 Å². The van der Waals surface area contributed by atoms with Gasteiger partial charge in [0.25, 0.3) is 0 Å². The molecule has 0 N–H and O–H groups in total. The van der Waals surface area contributed by atoms with E-state index < -0.39 is 0 Å². The van der Waals surface area contributed by atoms with Gasteiger partial charge in [-0.05, 0) is 0 Å². The Kier molecular flexibility index (Phi) is 20.0. The van der Waals surface area contributed by atoms with Crippen molar-refractivity contribution in [1.82, 2.24) is 0 Å². The van der Waals surface area contributed by atoms with E-state index in [1.807, 2.05) is 0 Å². The third-order valence-corrected chi connectivity index (χ3v) is 23.3. The van der Waals surface area contributed by atoms with Crippen molar-refractivity contribution in [2.24, 2.45) is 0 Å². The van der Waals surface area contributed by atoms with Gasteiger partial charge >= 0.3 is 402 Å². The number of benzene rings is 7. The fourth-order valence-electron chi connectivity index (χ4n) is 7.21. The zero-order valence-electron chi connectivity index (χ0n) is 34.3. The van der Waals surface area contributed by atoms with Gasteiger partial charge in [0.15, 0.2) is 0 Å². The van der Waals surface area contributed by atoms with Crippen molar-refractivity contribution in [3.05, 3.63) is 249 Å². The van der Waals surface area contributed by atoms with Crippen LogP contribution in [0.15, 0.2) is 182 Å². The third-order valence-electron chi connectivity index (χ3n) is 10.3. The molecule has 0 aliphatic carbocycles. The Morgan fingerprint density at radius 2 is 0.300 bits per heavy atom. The first kappa shape index (κ1) is 45.7. The molecule has 0 spiro atoms. The zero-order valence-corrected chi connectivity index (χ0v) is 44.5. The van der Waals surface area contributed by atoms with E-state index in [9.17, 15) is 0 Å². The fourth-order valence-corrected chi connectivity index (χ4v) is 20.8. The first-order valence-corrected chi connectivity index (χ1v) is 35.2. The van der Waals surface area contributed by atoms with Crippen LogP contribution in [0, 0.1) is 0 Å². The van der Waals surface area contributed by atoms with Gasteiger partial charge in [0, 0.05) is 0 Å². The van der Waals surface area contributed by atoms with Crippen LogP contribution in [0.25, 0.3) is 0 Å². The molecule has 0 amide bonds. The molecule has 0 aliphatic heterocycles. The van der Waals surface area contributed by atoms with Gasteiger partial charge in [-0.3, -0.25) is 0 Å². The summed E-state index contributed by atoms with van der Waals surface area (Å²) in [6, 6.07) is 67.9. The molecule has 0 aliphatic rings. The molecule has 0 atom stereocenters. The van der Waals surface area contributed by atoms with Gasteiger partial charge < -0.3 is 0 Å². The molecule has 306 valence electrons. The van der Waals surface area contributed by atoms with Gasteiger partial charge in [-0.2, -0.15) is 0 Å². The molecule has 0 heterocycles. The fraction of sp³-hybridized carbons (Fsp3) is 0.222. The van der Waals surface area contributed by atoms with E-state index in [4.69, 9.17) is 0 Å². The van der Waals surface area contributed by atoms with Crippen LogP contribution >= 0.6 is 0 Å². The molecular weight excluding hydrogens is 1120 g/mol. The first-order chi connectivity index (χ1) is 29.8. The van der Waals surface area contributed by atoms with Gasteiger partial charge in [-0.1, -0.05) is 0 Å². The van der Waals surface area contributed by atoms with E-state index in [2.05, 4.69) is 182 Å². The summed E-state index contributed by atoms with van der Waals surface area (Å²) < 4.78 is 0. The summed E-state index contributed by atoms with van der Waals surface area (Å²) in [6.07, 6.45) is 0. The molecule has 0 radical (unpaired) electrons. The maximum absolute atomic E-state index is 2.35. The van der Waals surface area contributed by atoms with Gasteiger partial charge in [-0.25, -0.2) is 0 Å². The summed E-state index contributed by atoms with van der Waals surface area (Å²) in [5.41, 5.74) is 19.8. The SMILES string of the molecule is c1ccc(C[Se]Cc2c(C[Se]Cc3ccccc3)c(C[Se]Cc3ccccc3)c(C[Se]Cc3ccccc3)c(C[Se]Cc3ccccc3)c2C[Se]Cc2ccccc2)cc1. The van der Waals surface area contributed by atoms with Crippen molar-refractivity contribution in [2.45, 2.75) is 63.8 Å². The van der Waals surface area contributed by atoms with Crippen molar-refractivity contribution < 1.29 is 0 Å². The molecule has 0 fully saturated rings. The van der Waals surface area contributed by atoms with Crippen LogP contribution in [-0.4, -0.2) is 89.7 Å². The Morgan fingerprint density at radius 1 is 0.167 bits per heavy atom. The van der Waals surface area contributed by atoms with Crippen LogP contribution in [0.5, 0.6) is 0 Å². The van der Waals surface area contributed by atoms with E-state index in [0.29, 0.717) is 89.7 Å². The normalized spacial score (nSPS) is 11.2. The summed E-state index contributed by atoms with van der Waals surface area (Å²) in [5.74, 6) is 0. The standard InChI is InChI=1S/C54H54Se6/c1-7-19-43(20-8-1)31-55-37-49-50(38-56-32-44-21-9-2-10-22-44)52(40-58-34-46-25-13-4-14-26-46)54(42-60-36-48-29-17-6-18-30-48)53(41-59-35-47-27-15-5-16-28-47)51(49)39-57-33-45-23-11-3-12-24-45/h1-30H,31-42H2. The molecule has 6 heteroatoms. The second-order valence-corrected chi connectivity index (χ2v) is 27.1. The van der Waals surface area contributed by atoms with Crippen LogP contribution in [0.1, 0.15) is 66.8 Å². The first-order valence-electron chi connectivity index (χ1n) is 20.7. The van der Waals surface area contributed by atoms with E-state index in [0.717, 1.165) is 0 Å². The second kappa shape index (κ2) is 26.3. The molecule has 7 aromatic carbocycles. The maximum atomic E-state index is 2.35. The molecule has 0 saturated carbocycles. The number of rotatable bonds is 24. The zero-order chi connectivity index (χ0) is 40.9. The molecular formula is C54H54Se6. The topological polar surface area (TPSA) is 0 Å².